The molecule has 0 spiro atoms. The maximum atomic E-state index is 12.9. The average Bonchev–Trinajstić information content (AvgIpc) is 3.24. The van der Waals surface area contributed by atoms with Gasteiger partial charge in [0.25, 0.3) is 11.8 Å². The average molecular weight is 470 g/mol. The summed E-state index contributed by atoms with van der Waals surface area (Å²) < 4.78 is 5.48. The van der Waals surface area contributed by atoms with Crippen LogP contribution in [-0.4, -0.2) is 23.8 Å². The molecule has 0 aliphatic carbocycles. The highest BCUT2D eigenvalue weighted by Crippen LogP contribution is 2.20. The number of amides is 2. The molecule has 2 aromatic carbocycles. The van der Waals surface area contributed by atoms with Crippen molar-refractivity contribution in [1.29, 1.82) is 0 Å². The molecular weight excluding hydrogens is 453 g/mol. The Morgan fingerprint density at radius 1 is 1.03 bits per heavy atom. The maximum Gasteiger partial charge on any atom is 0.287 e. The Bertz CT molecular complexity index is 1360. The first-order chi connectivity index (χ1) is 15.3. The van der Waals surface area contributed by atoms with E-state index in [0.29, 0.717) is 15.7 Å². The molecule has 0 fully saturated rings. The van der Waals surface area contributed by atoms with Gasteiger partial charge in [-0.2, -0.15) is 0 Å². The number of furan rings is 1. The third-order valence-corrected chi connectivity index (χ3v) is 5.41. The predicted octanol–water partition coefficient (Wildman–Crippen LogP) is 4.63. The van der Waals surface area contributed by atoms with Crippen LogP contribution in [0.4, 0.5) is 5.69 Å². The lowest BCUT2D eigenvalue weighted by Gasteiger charge is -2.17. The molecule has 2 heterocycles. The second kappa shape index (κ2) is 8.90. The number of hydrogen-bond acceptors (Lipinski definition) is 4. The van der Waals surface area contributed by atoms with E-state index in [0.717, 1.165) is 5.56 Å². The Labute approximate surface area is 192 Å². The van der Waals surface area contributed by atoms with Gasteiger partial charge in [0.2, 0.25) is 11.1 Å². The SMILES string of the molecule is CN(C(=O)c1c[nH]c2oc(C(=O)NCc3ccc(Cl)cc3)cc2c1=O)c1ccc(Cl)cc1. The fourth-order valence-corrected chi connectivity index (χ4v) is 3.37. The van der Waals surface area contributed by atoms with Gasteiger partial charge in [0.1, 0.15) is 5.56 Å². The second-order valence-electron chi connectivity index (χ2n) is 7.03. The Morgan fingerprint density at radius 2 is 1.66 bits per heavy atom. The van der Waals surface area contributed by atoms with E-state index < -0.39 is 17.2 Å². The fourth-order valence-electron chi connectivity index (χ4n) is 3.12. The van der Waals surface area contributed by atoms with Gasteiger partial charge >= 0.3 is 0 Å². The molecule has 0 aliphatic heterocycles. The summed E-state index contributed by atoms with van der Waals surface area (Å²) in [6.07, 6.45) is 1.28. The van der Waals surface area contributed by atoms with Crippen molar-refractivity contribution in [2.45, 2.75) is 6.54 Å². The first kappa shape index (κ1) is 21.7. The van der Waals surface area contributed by atoms with Crippen molar-refractivity contribution in [2.75, 3.05) is 11.9 Å². The summed E-state index contributed by atoms with van der Waals surface area (Å²) in [5, 5.41) is 3.96. The van der Waals surface area contributed by atoms with Crippen molar-refractivity contribution in [3.8, 4) is 0 Å². The number of aromatic nitrogens is 1. The first-order valence-corrected chi connectivity index (χ1v) is 10.3. The van der Waals surface area contributed by atoms with E-state index in [2.05, 4.69) is 10.3 Å². The molecule has 0 saturated heterocycles. The molecule has 4 rings (SSSR count). The van der Waals surface area contributed by atoms with E-state index in [1.165, 1.54) is 17.2 Å². The van der Waals surface area contributed by atoms with Gasteiger partial charge in [0.05, 0.1) is 5.39 Å². The van der Waals surface area contributed by atoms with Crippen LogP contribution in [0.15, 0.2) is 70.0 Å². The van der Waals surface area contributed by atoms with Gasteiger partial charge < -0.3 is 19.6 Å². The zero-order valence-electron chi connectivity index (χ0n) is 16.8. The molecule has 0 radical (unpaired) electrons. The van der Waals surface area contributed by atoms with Gasteiger partial charge in [-0.1, -0.05) is 35.3 Å². The third-order valence-electron chi connectivity index (χ3n) is 4.91. The van der Waals surface area contributed by atoms with E-state index in [-0.39, 0.29) is 29.0 Å². The van der Waals surface area contributed by atoms with Crippen LogP contribution in [0.3, 0.4) is 0 Å². The predicted molar refractivity (Wildman–Crippen MR) is 124 cm³/mol. The molecule has 2 aromatic heterocycles. The highest BCUT2D eigenvalue weighted by atomic mass is 35.5. The topological polar surface area (TPSA) is 95.4 Å². The Kier molecular flexibility index (Phi) is 6.03. The minimum atomic E-state index is -0.537. The molecule has 0 atom stereocenters. The number of fused-ring (bicyclic) bond motifs is 1. The molecule has 0 aliphatic rings. The van der Waals surface area contributed by atoms with Crippen LogP contribution in [0.1, 0.15) is 26.5 Å². The number of carbonyl (C=O) groups is 2. The number of rotatable bonds is 5. The lowest BCUT2D eigenvalue weighted by atomic mass is 10.2. The molecule has 32 heavy (non-hydrogen) atoms. The highest BCUT2D eigenvalue weighted by molar-refractivity contribution is 6.30. The summed E-state index contributed by atoms with van der Waals surface area (Å²) in [6, 6.07) is 15.0. The number of hydrogen-bond donors (Lipinski definition) is 2. The van der Waals surface area contributed by atoms with Crippen LogP contribution in [-0.2, 0) is 6.54 Å². The van der Waals surface area contributed by atoms with Crippen LogP contribution in [0.2, 0.25) is 10.0 Å². The molecule has 9 heteroatoms. The van der Waals surface area contributed by atoms with Gasteiger partial charge in [0, 0.05) is 41.6 Å². The molecular formula is C23H17Cl2N3O4. The number of anilines is 1. The molecule has 0 unspecified atom stereocenters. The minimum absolute atomic E-state index is 0.0435. The first-order valence-electron chi connectivity index (χ1n) is 9.55. The van der Waals surface area contributed by atoms with Gasteiger partial charge in [-0.05, 0) is 42.0 Å². The van der Waals surface area contributed by atoms with Crippen LogP contribution in [0.25, 0.3) is 11.1 Å². The summed E-state index contributed by atoms with van der Waals surface area (Å²) in [6.45, 7) is 0.261. The van der Waals surface area contributed by atoms with Gasteiger partial charge in [-0.25, -0.2) is 0 Å². The normalized spacial score (nSPS) is 10.8. The molecule has 4 aromatic rings. The molecule has 0 bridgehead atoms. The summed E-state index contributed by atoms with van der Waals surface area (Å²) >= 11 is 11.7. The Morgan fingerprint density at radius 3 is 2.31 bits per heavy atom. The third kappa shape index (κ3) is 4.39. The molecule has 7 nitrogen and oxygen atoms in total. The summed E-state index contributed by atoms with van der Waals surface area (Å²) in [5.74, 6) is -1.04. The molecule has 2 N–H and O–H groups in total. The molecule has 162 valence electrons. The van der Waals surface area contributed by atoms with E-state index in [4.69, 9.17) is 27.6 Å². The number of pyridine rings is 1. The van der Waals surface area contributed by atoms with Crippen molar-refractivity contribution in [3.05, 3.63) is 97.9 Å². The number of nitrogens with zero attached hydrogens (tertiary/aromatic N) is 1. The van der Waals surface area contributed by atoms with Crippen molar-refractivity contribution >= 4 is 51.8 Å². The molecule has 0 saturated carbocycles. The fraction of sp³-hybridized carbons (Fsp3) is 0.0870. The quantitative estimate of drug-likeness (QED) is 0.445. The largest absolute Gasteiger partial charge is 0.434 e. The number of aromatic amines is 1. The molecule has 2 amide bonds. The van der Waals surface area contributed by atoms with Crippen LogP contribution in [0, 0.1) is 0 Å². The van der Waals surface area contributed by atoms with E-state index in [1.54, 1.807) is 55.6 Å². The number of nitrogens with one attached hydrogen (secondary N) is 2. The standard InChI is InChI=1S/C23H17Cl2N3O4/c1-28(16-8-6-15(25)7-9-16)23(31)18-12-27-22-17(20(18)29)10-19(32-22)21(30)26-11-13-2-4-14(24)5-3-13/h2-10,12H,11H2,1H3,(H,26,30)(H,27,29). The summed E-state index contributed by atoms with van der Waals surface area (Å²) in [4.78, 5) is 42.4. The highest BCUT2D eigenvalue weighted by Gasteiger charge is 2.21. The van der Waals surface area contributed by atoms with Crippen molar-refractivity contribution in [3.63, 3.8) is 0 Å². The second-order valence-corrected chi connectivity index (χ2v) is 7.91. The van der Waals surface area contributed by atoms with Crippen LogP contribution >= 0.6 is 23.2 Å². The van der Waals surface area contributed by atoms with E-state index in [9.17, 15) is 14.4 Å². The lowest BCUT2D eigenvalue weighted by molar-refractivity contribution is 0.0924. The van der Waals surface area contributed by atoms with E-state index >= 15 is 0 Å². The van der Waals surface area contributed by atoms with Crippen molar-refractivity contribution in [1.82, 2.24) is 10.3 Å². The summed E-state index contributed by atoms with van der Waals surface area (Å²) in [7, 11) is 1.56. The number of benzene rings is 2. The van der Waals surface area contributed by atoms with Crippen LogP contribution in [0.5, 0.6) is 0 Å². The minimum Gasteiger partial charge on any atom is -0.434 e. The van der Waals surface area contributed by atoms with Gasteiger partial charge in [-0.15, -0.1) is 0 Å². The van der Waals surface area contributed by atoms with Gasteiger partial charge in [-0.3, -0.25) is 14.4 Å². The number of halogens is 2. The monoisotopic (exact) mass is 469 g/mol. The zero-order valence-corrected chi connectivity index (χ0v) is 18.3. The smallest absolute Gasteiger partial charge is 0.287 e. The van der Waals surface area contributed by atoms with Crippen molar-refractivity contribution in [2.24, 2.45) is 0 Å². The van der Waals surface area contributed by atoms with Crippen molar-refractivity contribution < 1.29 is 14.0 Å². The van der Waals surface area contributed by atoms with Crippen LogP contribution < -0.4 is 15.6 Å². The maximum absolute atomic E-state index is 12.9. The Balaban J connectivity index is 1.55. The summed E-state index contributed by atoms with van der Waals surface area (Å²) in [5.41, 5.74) is 0.924. The lowest BCUT2D eigenvalue weighted by Crippen LogP contribution is -2.30. The Hall–Kier alpha value is -3.55. The zero-order chi connectivity index (χ0) is 22.8. The van der Waals surface area contributed by atoms with E-state index in [1.807, 2.05) is 0 Å². The number of H-pyrrole nitrogens is 1. The van der Waals surface area contributed by atoms with Gasteiger partial charge in [0.15, 0.2) is 5.76 Å². The number of carbonyl (C=O) groups excluding carboxylic acids is 2.